The number of hydrogen-bond acceptors (Lipinski definition) is 3. The number of H-pyrrole nitrogens is 1. The first-order valence-corrected chi connectivity index (χ1v) is 9.96. The highest BCUT2D eigenvalue weighted by Crippen LogP contribution is 2.26. The summed E-state index contributed by atoms with van der Waals surface area (Å²) < 4.78 is 39.9. The highest BCUT2D eigenvalue weighted by atomic mass is 19.4. The molecular formula is C22H24F3N3O3. The molecule has 0 aliphatic rings. The van der Waals surface area contributed by atoms with Gasteiger partial charge in [0.25, 0.3) is 11.3 Å². The predicted molar refractivity (Wildman–Crippen MR) is 112 cm³/mol. The van der Waals surface area contributed by atoms with Crippen LogP contribution in [0.5, 0.6) is 0 Å². The number of rotatable bonds is 6. The standard InChI is InChI=1S/C22H24F3N3O3/c1-11(2)16-9-14-13-7-5-6-8-15(13)26-19(14)21(31)28(16)10-17(29)27-18(12(3)4)20(30)22(23,24)25/h5-9,11-12,18,26H,10H2,1-4H3,(H,27,29). The molecule has 0 fully saturated rings. The van der Waals surface area contributed by atoms with E-state index in [2.05, 4.69) is 10.3 Å². The quantitative estimate of drug-likeness (QED) is 0.616. The molecule has 0 saturated heterocycles. The summed E-state index contributed by atoms with van der Waals surface area (Å²) in [4.78, 5) is 40.5. The monoisotopic (exact) mass is 435 g/mol. The average Bonchev–Trinajstić information content (AvgIpc) is 3.05. The molecular weight excluding hydrogens is 411 g/mol. The minimum absolute atomic E-state index is 0.128. The number of ketones is 1. The van der Waals surface area contributed by atoms with Crippen LogP contribution in [0.3, 0.4) is 0 Å². The predicted octanol–water partition coefficient (Wildman–Crippen LogP) is 3.88. The van der Waals surface area contributed by atoms with Crippen molar-refractivity contribution in [1.82, 2.24) is 14.9 Å². The smallest absolute Gasteiger partial charge is 0.350 e. The van der Waals surface area contributed by atoms with Crippen LogP contribution in [0.1, 0.15) is 39.3 Å². The van der Waals surface area contributed by atoms with E-state index in [0.29, 0.717) is 16.6 Å². The summed E-state index contributed by atoms with van der Waals surface area (Å²) in [6.45, 7) is 6.04. The molecule has 0 saturated carbocycles. The second-order valence-electron chi connectivity index (χ2n) is 8.23. The number of pyridine rings is 1. The highest BCUT2D eigenvalue weighted by molar-refractivity contribution is 6.07. The van der Waals surface area contributed by atoms with Crippen molar-refractivity contribution in [3.05, 3.63) is 46.4 Å². The van der Waals surface area contributed by atoms with Gasteiger partial charge in [0, 0.05) is 22.0 Å². The molecule has 2 aromatic heterocycles. The number of nitrogens with zero attached hydrogens (tertiary/aromatic N) is 1. The molecule has 9 heteroatoms. The van der Waals surface area contributed by atoms with Crippen molar-refractivity contribution >= 4 is 33.5 Å². The molecule has 0 aliphatic carbocycles. The van der Waals surface area contributed by atoms with Gasteiger partial charge in [0.2, 0.25) is 5.91 Å². The summed E-state index contributed by atoms with van der Waals surface area (Å²) in [6.07, 6.45) is -5.06. The first-order valence-electron chi connectivity index (χ1n) is 9.96. The summed E-state index contributed by atoms with van der Waals surface area (Å²) in [6, 6.07) is 7.49. The largest absolute Gasteiger partial charge is 0.452 e. The lowest BCUT2D eigenvalue weighted by molar-refractivity contribution is -0.174. The van der Waals surface area contributed by atoms with Crippen LogP contribution in [0, 0.1) is 5.92 Å². The van der Waals surface area contributed by atoms with E-state index in [1.807, 2.05) is 44.2 Å². The van der Waals surface area contributed by atoms with Gasteiger partial charge in [0.05, 0.1) is 6.04 Å². The van der Waals surface area contributed by atoms with Crippen molar-refractivity contribution in [2.75, 3.05) is 0 Å². The maximum absolute atomic E-state index is 13.2. The molecule has 6 nitrogen and oxygen atoms in total. The number of nitrogens with one attached hydrogen (secondary N) is 2. The fourth-order valence-electron chi connectivity index (χ4n) is 3.68. The van der Waals surface area contributed by atoms with Gasteiger partial charge in [0.15, 0.2) is 0 Å². The maximum atomic E-state index is 13.2. The van der Waals surface area contributed by atoms with Gasteiger partial charge in [-0.3, -0.25) is 14.4 Å². The van der Waals surface area contributed by atoms with Crippen molar-refractivity contribution in [3.63, 3.8) is 0 Å². The van der Waals surface area contributed by atoms with E-state index in [1.54, 1.807) is 0 Å². The van der Waals surface area contributed by atoms with Crippen LogP contribution < -0.4 is 10.9 Å². The Labute approximate surface area is 176 Å². The number of aromatic nitrogens is 2. The molecule has 0 aliphatic heterocycles. The number of alkyl halides is 3. The first-order chi connectivity index (χ1) is 14.4. The summed E-state index contributed by atoms with van der Waals surface area (Å²) in [5.41, 5.74) is 1.20. The van der Waals surface area contributed by atoms with Crippen LogP contribution in [0.15, 0.2) is 35.1 Å². The molecule has 1 amide bonds. The molecule has 2 N–H and O–H groups in total. The number of aromatic amines is 1. The van der Waals surface area contributed by atoms with Crippen molar-refractivity contribution in [1.29, 1.82) is 0 Å². The minimum Gasteiger partial charge on any atom is -0.350 e. The molecule has 31 heavy (non-hydrogen) atoms. The second-order valence-corrected chi connectivity index (χ2v) is 8.23. The molecule has 0 bridgehead atoms. The molecule has 1 aromatic carbocycles. The Bertz CT molecular complexity index is 1210. The highest BCUT2D eigenvalue weighted by Gasteiger charge is 2.45. The molecule has 3 rings (SSSR count). The van der Waals surface area contributed by atoms with Gasteiger partial charge in [0.1, 0.15) is 12.1 Å². The zero-order valence-corrected chi connectivity index (χ0v) is 17.6. The normalized spacial score (nSPS) is 13.3. The van der Waals surface area contributed by atoms with E-state index in [0.717, 1.165) is 10.9 Å². The number of para-hydroxylation sites is 1. The number of amides is 1. The molecule has 1 atom stereocenters. The van der Waals surface area contributed by atoms with E-state index in [9.17, 15) is 27.6 Å². The Morgan fingerprint density at radius 1 is 1.10 bits per heavy atom. The molecule has 1 unspecified atom stereocenters. The van der Waals surface area contributed by atoms with Crippen LogP contribution in [-0.4, -0.2) is 33.5 Å². The van der Waals surface area contributed by atoms with Crippen LogP contribution in [-0.2, 0) is 16.1 Å². The SMILES string of the molecule is CC(C)c1cc2c([nH]c3ccccc32)c(=O)n1CC(=O)NC(C(=O)C(F)(F)F)C(C)C. The van der Waals surface area contributed by atoms with Gasteiger partial charge in [-0.25, -0.2) is 0 Å². The van der Waals surface area contributed by atoms with Gasteiger partial charge in [-0.05, 0) is 24.0 Å². The lowest BCUT2D eigenvalue weighted by atomic mass is 9.99. The minimum atomic E-state index is -5.06. The Morgan fingerprint density at radius 2 is 1.74 bits per heavy atom. The average molecular weight is 435 g/mol. The lowest BCUT2D eigenvalue weighted by Gasteiger charge is -2.23. The molecule has 0 spiro atoms. The Morgan fingerprint density at radius 3 is 2.32 bits per heavy atom. The number of hydrogen-bond donors (Lipinski definition) is 2. The second kappa shape index (κ2) is 8.20. The third kappa shape index (κ3) is 4.35. The van der Waals surface area contributed by atoms with E-state index < -0.39 is 41.9 Å². The number of benzene rings is 1. The van der Waals surface area contributed by atoms with Crippen molar-refractivity contribution < 1.29 is 22.8 Å². The Hall–Kier alpha value is -3.10. The zero-order chi connectivity index (χ0) is 23.1. The number of carbonyl (C=O) groups is 2. The summed E-state index contributed by atoms with van der Waals surface area (Å²) in [5.74, 6) is -3.75. The topological polar surface area (TPSA) is 84.0 Å². The van der Waals surface area contributed by atoms with Gasteiger partial charge >= 0.3 is 6.18 Å². The van der Waals surface area contributed by atoms with Crippen molar-refractivity contribution in [2.24, 2.45) is 5.92 Å². The first kappa shape index (κ1) is 22.6. The maximum Gasteiger partial charge on any atom is 0.452 e. The molecule has 3 aromatic rings. The fraction of sp³-hybridized carbons (Fsp3) is 0.409. The lowest BCUT2D eigenvalue weighted by Crippen LogP contribution is -2.51. The fourth-order valence-corrected chi connectivity index (χ4v) is 3.68. The number of fused-ring (bicyclic) bond motifs is 3. The molecule has 166 valence electrons. The van der Waals surface area contributed by atoms with E-state index in [4.69, 9.17) is 0 Å². The third-order valence-corrected chi connectivity index (χ3v) is 5.25. The van der Waals surface area contributed by atoms with Gasteiger partial charge in [-0.1, -0.05) is 45.9 Å². The molecule has 0 radical (unpaired) electrons. The number of Topliss-reactive ketones (excluding diaryl/α,β-unsaturated/α-hetero) is 1. The Kier molecular flexibility index (Phi) is 5.98. The van der Waals surface area contributed by atoms with E-state index >= 15 is 0 Å². The number of halogens is 3. The van der Waals surface area contributed by atoms with Crippen LogP contribution >= 0.6 is 0 Å². The van der Waals surface area contributed by atoms with Crippen LogP contribution in [0.25, 0.3) is 21.8 Å². The van der Waals surface area contributed by atoms with E-state index in [-0.39, 0.29) is 5.92 Å². The Balaban J connectivity index is 2.02. The van der Waals surface area contributed by atoms with Crippen molar-refractivity contribution in [3.8, 4) is 0 Å². The third-order valence-electron chi connectivity index (χ3n) is 5.25. The van der Waals surface area contributed by atoms with Gasteiger partial charge in [-0.15, -0.1) is 0 Å². The van der Waals surface area contributed by atoms with Crippen molar-refractivity contribution in [2.45, 2.75) is 52.4 Å². The number of carbonyl (C=O) groups excluding carboxylic acids is 2. The summed E-state index contributed by atoms with van der Waals surface area (Å²) in [7, 11) is 0. The summed E-state index contributed by atoms with van der Waals surface area (Å²) in [5, 5.41) is 3.74. The van der Waals surface area contributed by atoms with Gasteiger partial charge < -0.3 is 14.9 Å². The zero-order valence-electron chi connectivity index (χ0n) is 17.6. The van der Waals surface area contributed by atoms with Crippen LogP contribution in [0.4, 0.5) is 13.2 Å². The van der Waals surface area contributed by atoms with Gasteiger partial charge in [-0.2, -0.15) is 13.2 Å². The molecule has 2 heterocycles. The summed E-state index contributed by atoms with van der Waals surface area (Å²) >= 11 is 0. The van der Waals surface area contributed by atoms with E-state index in [1.165, 1.54) is 18.4 Å². The van der Waals surface area contributed by atoms with Crippen LogP contribution in [0.2, 0.25) is 0 Å².